The van der Waals surface area contributed by atoms with Gasteiger partial charge in [0.25, 0.3) is 0 Å². The third-order valence-corrected chi connectivity index (χ3v) is 3.02. The third kappa shape index (κ3) is 6.21. The van der Waals surface area contributed by atoms with Crippen molar-refractivity contribution in [1.82, 2.24) is 4.90 Å². The number of nitrogens with zero attached hydrogens (tertiary/aromatic N) is 2. The van der Waals surface area contributed by atoms with Gasteiger partial charge in [0, 0.05) is 33.9 Å². The van der Waals surface area contributed by atoms with Gasteiger partial charge in [-0.1, -0.05) is 19.0 Å². The number of amidine groups is 1. The minimum Gasteiger partial charge on any atom is -0.409 e. The number of carbonyl (C=O) groups excluding carboxylic acids is 1. The van der Waals surface area contributed by atoms with Crippen molar-refractivity contribution in [2.24, 2.45) is 22.7 Å². The molecule has 0 spiro atoms. The van der Waals surface area contributed by atoms with E-state index in [1.54, 1.807) is 19.1 Å². The highest BCUT2D eigenvalue weighted by Crippen LogP contribution is 2.15. The summed E-state index contributed by atoms with van der Waals surface area (Å²) in [6, 6.07) is 0. The Labute approximate surface area is 120 Å². The molecule has 0 aliphatic carbocycles. The highest BCUT2D eigenvalue weighted by Gasteiger charge is 2.30. The van der Waals surface area contributed by atoms with Gasteiger partial charge >= 0.3 is 0 Å². The lowest BCUT2D eigenvalue weighted by Gasteiger charge is -2.28. The van der Waals surface area contributed by atoms with Gasteiger partial charge in [0.2, 0.25) is 5.91 Å². The zero-order chi connectivity index (χ0) is 15.5. The van der Waals surface area contributed by atoms with E-state index in [0.717, 1.165) is 6.42 Å². The van der Waals surface area contributed by atoms with Gasteiger partial charge in [-0.2, -0.15) is 0 Å². The number of nitrogens with two attached hydrogens (primary N) is 1. The van der Waals surface area contributed by atoms with Crippen LogP contribution in [0, 0.1) is 11.8 Å². The SMILES string of the molecule is COCCCN(CCOC)C(=O)C(C(N)=NO)C(C)C. The Hall–Kier alpha value is -1.34. The smallest absolute Gasteiger partial charge is 0.233 e. The fourth-order valence-corrected chi connectivity index (χ4v) is 1.95. The number of ether oxygens (including phenoxy) is 2. The lowest BCUT2D eigenvalue weighted by Crippen LogP contribution is -2.46. The minimum absolute atomic E-state index is 0.0501. The Morgan fingerprint density at radius 1 is 1.25 bits per heavy atom. The van der Waals surface area contributed by atoms with Gasteiger partial charge < -0.3 is 25.3 Å². The highest BCUT2D eigenvalue weighted by molar-refractivity contribution is 6.02. The summed E-state index contributed by atoms with van der Waals surface area (Å²) in [6.45, 7) is 5.78. The number of oxime groups is 1. The summed E-state index contributed by atoms with van der Waals surface area (Å²) >= 11 is 0. The van der Waals surface area contributed by atoms with E-state index in [2.05, 4.69) is 5.16 Å². The molecular weight excluding hydrogens is 262 g/mol. The number of hydrogen-bond donors (Lipinski definition) is 2. The maximum Gasteiger partial charge on any atom is 0.233 e. The van der Waals surface area contributed by atoms with E-state index >= 15 is 0 Å². The first-order valence-corrected chi connectivity index (χ1v) is 6.73. The predicted octanol–water partition coefficient (Wildman–Crippen LogP) is 0.517. The van der Waals surface area contributed by atoms with Gasteiger partial charge in [0.1, 0.15) is 5.92 Å². The average molecular weight is 289 g/mol. The molecule has 20 heavy (non-hydrogen) atoms. The number of carbonyl (C=O) groups is 1. The quantitative estimate of drug-likeness (QED) is 0.201. The van der Waals surface area contributed by atoms with Crippen LogP contribution in [0.2, 0.25) is 0 Å². The van der Waals surface area contributed by atoms with Crippen molar-refractivity contribution in [1.29, 1.82) is 0 Å². The molecule has 0 aliphatic heterocycles. The Morgan fingerprint density at radius 3 is 2.30 bits per heavy atom. The molecule has 0 aliphatic rings. The van der Waals surface area contributed by atoms with E-state index in [1.165, 1.54) is 0 Å². The topological polar surface area (TPSA) is 97.4 Å². The van der Waals surface area contributed by atoms with Crippen LogP contribution in [0.4, 0.5) is 0 Å². The maximum absolute atomic E-state index is 12.5. The van der Waals surface area contributed by atoms with Crippen LogP contribution >= 0.6 is 0 Å². The predicted molar refractivity (Wildman–Crippen MR) is 76.7 cm³/mol. The fourth-order valence-electron chi connectivity index (χ4n) is 1.95. The molecule has 0 aromatic rings. The van der Waals surface area contributed by atoms with Crippen LogP contribution in [0.5, 0.6) is 0 Å². The summed E-state index contributed by atoms with van der Waals surface area (Å²) in [5, 5.41) is 11.8. The van der Waals surface area contributed by atoms with E-state index in [4.69, 9.17) is 20.4 Å². The molecule has 7 heteroatoms. The Balaban J connectivity index is 4.86. The van der Waals surface area contributed by atoms with Crippen LogP contribution in [0.25, 0.3) is 0 Å². The Kier molecular flexibility index (Phi) is 9.75. The average Bonchev–Trinajstić information content (AvgIpc) is 2.42. The zero-order valence-electron chi connectivity index (χ0n) is 12.8. The number of amides is 1. The van der Waals surface area contributed by atoms with Crippen molar-refractivity contribution in [2.45, 2.75) is 20.3 Å². The van der Waals surface area contributed by atoms with Crippen molar-refractivity contribution in [3.8, 4) is 0 Å². The monoisotopic (exact) mass is 289 g/mol. The molecule has 3 N–H and O–H groups in total. The van der Waals surface area contributed by atoms with Crippen molar-refractivity contribution < 1.29 is 19.5 Å². The molecular formula is C13H27N3O4. The molecule has 0 saturated carbocycles. The van der Waals surface area contributed by atoms with Crippen molar-refractivity contribution in [2.75, 3.05) is 40.5 Å². The molecule has 1 atom stereocenters. The molecule has 0 heterocycles. The minimum atomic E-state index is -0.626. The van der Waals surface area contributed by atoms with Crippen molar-refractivity contribution in [3.63, 3.8) is 0 Å². The first kappa shape index (κ1) is 18.7. The standard InChI is InChI=1S/C13H27N3O4/c1-10(2)11(12(14)15-18)13(17)16(7-9-20-4)6-5-8-19-3/h10-11,18H,5-9H2,1-4H3,(H2,14,15). The van der Waals surface area contributed by atoms with E-state index < -0.39 is 5.92 Å². The Bertz CT molecular complexity index is 308. The second kappa shape index (κ2) is 10.4. The van der Waals surface area contributed by atoms with Crippen LogP contribution in [0.3, 0.4) is 0 Å². The van der Waals surface area contributed by atoms with Gasteiger partial charge in [-0.15, -0.1) is 0 Å². The van der Waals surface area contributed by atoms with Gasteiger partial charge in [-0.25, -0.2) is 0 Å². The number of rotatable bonds is 10. The first-order valence-electron chi connectivity index (χ1n) is 6.73. The van der Waals surface area contributed by atoms with Crippen molar-refractivity contribution in [3.05, 3.63) is 0 Å². The van der Waals surface area contributed by atoms with Gasteiger partial charge in [0.15, 0.2) is 5.84 Å². The van der Waals surface area contributed by atoms with E-state index in [0.29, 0.717) is 26.3 Å². The summed E-state index contributed by atoms with van der Waals surface area (Å²) in [5.41, 5.74) is 5.64. The van der Waals surface area contributed by atoms with Crippen LogP contribution in [-0.4, -0.2) is 62.4 Å². The van der Waals surface area contributed by atoms with Crippen LogP contribution in [0.15, 0.2) is 5.16 Å². The van der Waals surface area contributed by atoms with Crippen LogP contribution in [0.1, 0.15) is 20.3 Å². The van der Waals surface area contributed by atoms with E-state index in [-0.39, 0.29) is 17.7 Å². The summed E-state index contributed by atoms with van der Waals surface area (Å²) in [5.74, 6) is -0.882. The molecule has 1 amide bonds. The third-order valence-electron chi connectivity index (χ3n) is 3.02. The maximum atomic E-state index is 12.5. The normalized spacial score (nSPS) is 13.6. The molecule has 118 valence electrons. The summed E-state index contributed by atoms with van der Waals surface area (Å²) < 4.78 is 10.0. The molecule has 0 saturated heterocycles. The summed E-state index contributed by atoms with van der Waals surface area (Å²) in [7, 11) is 3.20. The number of methoxy groups -OCH3 is 2. The van der Waals surface area contributed by atoms with Crippen LogP contribution in [-0.2, 0) is 14.3 Å². The second-order valence-corrected chi connectivity index (χ2v) is 4.91. The molecule has 0 bridgehead atoms. The van der Waals surface area contributed by atoms with Gasteiger partial charge in [-0.05, 0) is 12.3 Å². The highest BCUT2D eigenvalue weighted by atomic mass is 16.5. The summed E-state index contributed by atoms with van der Waals surface area (Å²) in [4.78, 5) is 14.2. The molecule has 0 radical (unpaired) electrons. The molecule has 0 aromatic heterocycles. The lowest BCUT2D eigenvalue weighted by molar-refractivity contribution is -0.135. The molecule has 0 fully saturated rings. The largest absolute Gasteiger partial charge is 0.409 e. The van der Waals surface area contributed by atoms with E-state index in [9.17, 15) is 4.79 Å². The van der Waals surface area contributed by atoms with Crippen molar-refractivity contribution >= 4 is 11.7 Å². The van der Waals surface area contributed by atoms with E-state index in [1.807, 2.05) is 13.8 Å². The molecule has 0 aromatic carbocycles. The van der Waals surface area contributed by atoms with Crippen LogP contribution < -0.4 is 5.73 Å². The van der Waals surface area contributed by atoms with Gasteiger partial charge in [-0.3, -0.25) is 4.79 Å². The molecule has 0 rings (SSSR count). The number of hydrogen-bond acceptors (Lipinski definition) is 5. The van der Waals surface area contributed by atoms with Gasteiger partial charge in [0.05, 0.1) is 6.61 Å². The first-order chi connectivity index (χ1) is 9.49. The lowest BCUT2D eigenvalue weighted by atomic mass is 9.93. The summed E-state index contributed by atoms with van der Waals surface area (Å²) in [6.07, 6.45) is 0.729. The molecule has 1 unspecified atom stereocenters. The fraction of sp³-hybridized carbons (Fsp3) is 0.846. The zero-order valence-corrected chi connectivity index (χ0v) is 12.8. The Morgan fingerprint density at radius 2 is 1.85 bits per heavy atom. The second-order valence-electron chi connectivity index (χ2n) is 4.91. The molecule has 7 nitrogen and oxygen atoms in total.